The van der Waals surface area contributed by atoms with Gasteiger partial charge in [0.05, 0.1) is 18.8 Å². The molecule has 0 unspecified atom stereocenters. The molecule has 0 aliphatic rings. The van der Waals surface area contributed by atoms with Crippen molar-refractivity contribution in [1.29, 1.82) is 0 Å². The van der Waals surface area contributed by atoms with Crippen molar-refractivity contribution < 1.29 is 5.11 Å². The fraction of sp³-hybridized carbons (Fsp3) is 0.500. The molecule has 1 heterocycles. The summed E-state index contributed by atoms with van der Waals surface area (Å²) in [7, 11) is 0. The molecule has 58 valence electrons. The van der Waals surface area contributed by atoms with Crippen molar-refractivity contribution in [3.63, 3.8) is 0 Å². The van der Waals surface area contributed by atoms with E-state index in [-0.39, 0.29) is 13.2 Å². The van der Waals surface area contributed by atoms with Crippen molar-refractivity contribution in [2.24, 2.45) is 5.11 Å². The third-order valence-electron chi connectivity index (χ3n) is 1.14. The number of nitrogens with one attached hydrogen (secondary N) is 1. The van der Waals surface area contributed by atoms with Crippen LogP contribution < -0.4 is 0 Å². The van der Waals surface area contributed by atoms with E-state index >= 15 is 0 Å². The van der Waals surface area contributed by atoms with E-state index < -0.39 is 0 Å². The van der Waals surface area contributed by atoms with Crippen LogP contribution in [-0.4, -0.2) is 20.5 Å². The summed E-state index contributed by atoms with van der Waals surface area (Å²) < 4.78 is 0. The van der Waals surface area contributed by atoms with Crippen LogP contribution in [0.5, 0.6) is 0 Å². The zero-order valence-electron chi connectivity index (χ0n) is 5.60. The Kier molecular flexibility index (Phi) is 2.42. The van der Waals surface area contributed by atoms with Gasteiger partial charge < -0.3 is 5.11 Å². The van der Waals surface area contributed by atoms with Gasteiger partial charge in [-0.3, -0.25) is 0 Å². The van der Waals surface area contributed by atoms with E-state index in [9.17, 15) is 0 Å². The quantitative estimate of drug-likeness (QED) is 0.366. The van der Waals surface area contributed by atoms with Crippen LogP contribution in [0.15, 0.2) is 5.11 Å². The molecule has 0 spiro atoms. The molecule has 0 fully saturated rings. The highest BCUT2D eigenvalue weighted by Crippen LogP contribution is 2.01. The number of aromatic nitrogens is 3. The van der Waals surface area contributed by atoms with Gasteiger partial charge in [-0.15, -0.1) is 0 Å². The maximum atomic E-state index is 8.65. The van der Waals surface area contributed by atoms with Crippen LogP contribution >= 0.6 is 0 Å². The topological polar surface area (TPSA) is 111 Å². The molecule has 1 rings (SSSR count). The normalized spacial score (nSPS) is 9.18. The van der Waals surface area contributed by atoms with Gasteiger partial charge in [0.2, 0.25) is 0 Å². The molecule has 0 aliphatic heterocycles. The van der Waals surface area contributed by atoms with Crippen molar-refractivity contribution in [2.45, 2.75) is 13.2 Å². The van der Waals surface area contributed by atoms with Crippen LogP contribution in [0.4, 0.5) is 0 Å². The average molecular weight is 154 g/mol. The van der Waals surface area contributed by atoms with Gasteiger partial charge in [0.25, 0.3) is 0 Å². The molecule has 0 saturated heterocycles. The van der Waals surface area contributed by atoms with Gasteiger partial charge in [-0.2, -0.15) is 15.4 Å². The first kappa shape index (κ1) is 7.52. The van der Waals surface area contributed by atoms with E-state index in [0.717, 1.165) is 0 Å². The molecule has 0 saturated carbocycles. The van der Waals surface area contributed by atoms with Crippen molar-refractivity contribution in [1.82, 2.24) is 15.4 Å². The van der Waals surface area contributed by atoms with Crippen LogP contribution in [-0.2, 0) is 13.2 Å². The summed E-state index contributed by atoms with van der Waals surface area (Å²) in [6.45, 7) is -0.0876. The molecule has 1 aromatic heterocycles. The number of azide groups is 1. The van der Waals surface area contributed by atoms with Gasteiger partial charge in [0.15, 0.2) is 0 Å². The summed E-state index contributed by atoms with van der Waals surface area (Å²) >= 11 is 0. The van der Waals surface area contributed by atoms with Crippen LogP contribution in [0.3, 0.4) is 0 Å². The van der Waals surface area contributed by atoms with E-state index in [1.54, 1.807) is 0 Å². The highest BCUT2D eigenvalue weighted by molar-refractivity contribution is 5.06. The monoisotopic (exact) mass is 154 g/mol. The highest BCUT2D eigenvalue weighted by Gasteiger charge is 2.03. The molecule has 7 nitrogen and oxygen atoms in total. The van der Waals surface area contributed by atoms with Crippen molar-refractivity contribution in [3.8, 4) is 0 Å². The predicted molar refractivity (Wildman–Crippen MR) is 35.2 cm³/mol. The Hall–Kier alpha value is -1.59. The minimum atomic E-state index is -0.202. The maximum Gasteiger partial charge on any atom is 0.111 e. The molecular weight excluding hydrogens is 148 g/mol. The van der Waals surface area contributed by atoms with Gasteiger partial charge in [0, 0.05) is 4.91 Å². The third-order valence-corrected chi connectivity index (χ3v) is 1.14. The van der Waals surface area contributed by atoms with E-state index in [4.69, 9.17) is 10.6 Å². The van der Waals surface area contributed by atoms with E-state index in [1.807, 2.05) is 0 Å². The number of aromatic amines is 1. The molecule has 11 heavy (non-hydrogen) atoms. The van der Waals surface area contributed by atoms with Gasteiger partial charge in [0.1, 0.15) is 5.69 Å². The highest BCUT2D eigenvalue weighted by atomic mass is 16.3. The zero-order chi connectivity index (χ0) is 8.10. The van der Waals surface area contributed by atoms with Crippen molar-refractivity contribution in [3.05, 3.63) is 21.8 Å². The van der Waals surface area contributed by atoms with E-state index in [1.165, 1.54) is 0 Å². The number of aliphatic hydroxyl groups excluding tert-OH is 1. The predicted octanol–water partition coefficient (Wildman–Crippen LogP) is 0.107. The molecule has 0 aliphatic carbocycles. The van der Waals surface area contributed by atoms with Gasteiger partial charge in [-0.1, -0.05) is 5.11 Å². The van der Waals surface area contributed by atoms with Crippen LogP contribution in [0.1, 0.15) is 11.4 Å². The number of hydrogen-bond acceptors (Lipinski definition) is 4. The molecule has 0 aromatic carbocycles. The van der Waals surface area contributed by atoms with E-state index in [0.29, 0.717) is 11.4 Å². The first-order valence-corrected chi connectivity index (χ1v) is 2.88. The third kappa shape index (κ3) is 1.66. The summed E-state index contributed by atoms with van der Waals surface area (Å²) in [5, 5.41) is 21.5. The standard InChI is InChI=1S/C4H6N6O/c5-9-6-1-3-4(2-11)8-10-7-3/h11H,1-2H2,(H,7,8,10). The summed E-state index contributed by atoms with van der Waals surface area (Å²) in [5.74, 6) is 0. The Balaban J connectivity index is 2.75. The number of rotatable bonds is 3. The minimum absolute atomic E-state index is 0.114. The minimum Gasteiger partial charge on any atom is -0.390 e. The van der Waals surface area contributed by atoms with Crippen molar-refractivity contribution >= 4 is 0 Å². The summed E-state index contributed by atoms with van der Waals surface area (Å²) in [6, 6.07) is 0. The molecule has 0 amide bonds. The number of hydrogen-bond donors (Lipinski definition) is 2. The molecule has 0 atom stereocenters. The summed E-state index contributed by atoms with van der Waals surface area (Å²) in [6.07, 6.45) is 0. The first-order chi connectivity index (χ1) is 5.38. The lowest BCUT2D eigenvalue weighted by Gasteiger charge is -1.88. The number of H-pyrrole nitrogens is 1. The molecular formula is C4H6N6O. The molecule has 0 bridgehead atoms. The lowest BCUT2D eigenvalue weighted by Crippen LogP contribution is -1.90. The molecule has 0 radical (unpaired) electrons. The Morgan fingerprint density at radius 1 is 1.55 bits per heavy atom. The lowest BCUT2D eigenvalue weighted by molar-refractivity contribution is 0.275. The van der Waals surface area contributed by atoms with Gasteiger partial charge in [-0.25, -0.2) is 0 Å². The summed E-state index contributed by atoms with van der Waals surface area (Å²) in [5.41, 5.74) is 8.86. The van der Waals surface area contributed by atoms with Crippen molar-refractivity contribution in [2.75, 3.05) is 0 Å². The van der Waals surface area contributed by atoms with Crippen LogP contribution in [0, 0.1) is 0 Å². The second-order valence-electron chi connectivity index (χ2n) is 1.76. The smallest absolute Gasteiger partial charge is 0.111 e. The molecule has 2 N–H and O–H groups in total. The summed E-state index contributed by atoms with van der Waals surface area (Å²) in [4.78, 5) is 2.55. The molecule has 7 heteroatoms. The Morgan fingerprint density at radius 3 is 2.91 bits per heavy atom. The largest absolute Gasteiger partial charge is 0.390 e. The van der Waals surface area contributed by atoms with Gasteiger partial charge >= 0.3 is 0 Å². The Labute approximate surface area is 61.7 Å². The Bertz CT molecular complexity index is 274. The SMILES string of the molecule is [N-]=[N+]=NCc1n[nH]nc1CO. The maximum absolute atomic E-state index is 8.65. The number of aliphatic hydroxyl groups is 1. The molecule has 1 aromatic rings. The number of nitrogens with zero attached hydrogens (tertiary/aromatic N) is 5. The fourth-order valence-electron chi connectivity index (χ4n) is 0.627. The second kappa shape index (κ2) is 3.55. The van der Waals surface area contributed by atoms with Crippen LogP contribution in [0.25, 0.3) is 10.4 Å². The zero-order valence-corrected chi connectivity index (χ0v) is 5.60. The fourth-order valence-corrected chi connectivity index (χ4v) is 0.627. The first-order valence-electron chi connectivity index (χ1n) is 2.88. The average Bonchev–Trinajstić information content (AvgIpc) is 2.47. The van der Waals surface area contributed by atoms with E-state index in [2.05, 4.69) is 25.4 Å². The van der Waals surface area contributed by atoms with Gasteiger partial charge in [-0.05, 0) is 5.53 Å². The second-order valence-corrected chi connectivity index (χ2v) is 1.76. The Morgan fingerprint density at radius 2 is 2.27 bits per heavy atom. The lowest BCUT2D eigenvalue weighted by atomic mass is 10.3. The van der Waals surface area contributed by atoms with Crippen LogP contribution in [0.2, 0.25) is 0 Å².